The lowest BCUT2D eigenvalue weighted by Crippen LogP contribution is -2.12. The van der Waals surface area contributed by atoms with Crippen molar-refractivity contribution in [3.8, 4) is 5.88 Å². The van der Waals surface area contributed by atoms with Crippen LogP contribution in [0, 0.1) is 0 Å². The molecule has 1 amide bonds. The van der Waals surface area contributed by atoms with Gasteiger partial charge >= 0.3 is 0 Å². The number of nitrogens with one attached hydrogen (secondary N) is 1. The Labute approximate surface area is 204 Å². The highest BCUT2D eigenvalue weighted by molar-refractivity contribution is 9.10. The molecule has 0 fully saturated rings. The summed E-state index contributed by atoms with van der Waals surface area (Å²) in [5.74, 6) is 0.494. The van der Waals surface area contributed by atoms with E-state index in [0.717, 1.165) is 11.2 Å². The number of carbonyl (C=O) groups excluding carboxylic acids is 1. The zero-order valence-electron chi connectivity index (χ0n) is 17.0. The van der Waals surface area contributed by atoms with Gasteiger partial charge in [0.1, 0.15) is 16.7 Å². The minimum Gasteiger partial charge on any atom is -0.481 e. The molecule has 0 saturated heterocycles. The van der Waals surface area contributed by atoms with Crippen LogP contribution >= 0.6 is 38.9 Å². The minimum atomic E-state index is -0.358. The zero-order chi connectivity index (χ0) is 23.1. The number of carbonyl (C=O) groups is 1. The smallest absolute Gasteiger partial charge is 0.258 e. The molecule has 1 aromatic carbocycles. The predicted molar refractivity (Wildman–Crippen MR) is 132 cm³/mol. The van der Waals surface area contributed by atoms with E-state index in [1.54, 1.807) is 29.3 Å². The molecule has 5 rings (SSSR count). The normalized spacial score (nSPS) is 11.2. The molecule has 0 atom stereocenters. The van der Waals surface area contributed by atoms with Gasteiger partial charge in [-0.15, -0.1) is 11.3 Å². The van der Waals surface area contributed by atoms with Crippen molar-refractivity contribution in [2.45, 2.75) is 6.54 Å². The first-order valence-electron chi connectivity index (χ1n) is 9.59. The van der Waals surface area contributed by atoms with Gasteiger partial charge in [0.2, 0.25) is 5.88 Å². The number of thiophene rings is 1. The molecule has 3 N–H and O–H groups in total. The van der Waals surface area contributed by atoms with Gasteiger partial charge in [0.15, 0.2) is 0 Å². The lowest BCUT2D eigenvalue weighted by molar-refractivity contribution is 0.102. The molecule has 0 bridgehead atoms. The van der Waals surface area contributed by atoms with Crippen LogP contribution in [0.5, 0.6) is 5.88 Å². The zero-order valence-corrected chi connectivity index (χ0v) is 20.2. The Morgan fingerprint density at radius 1 is 1.30 bits per heavy atom. The number of hydrogen-bond donors (Lipinski definition) is 2. The van der Waals surface area contributed by atoms with E-state index >= 15 is 0 Å². The summed E-state index contributed by atoms with van der Waals surface area (Å²) in [7, 11) is 1.57. The molecule has 0 aliphatic carbocycles. The fraction of sp³-hybridized carbons (Fsp3) is 0.0952. The predicted octanol–water partition coefficient (Wildman–Crippen LogP) is 4.74. The maximum atomic E-state index is 13.1. The van der Waals surface area contributed by atoms with Crippen LogP contribution in [0.3, 0.4) is 0 Å². The summed E-state index contributed by atoms with van der Waals surface area (Å²) in [4.78, 5) is 25.8. The fourth-order valence-corrected chi connectivity index (χ4v) is 5.17. The number of anilines is 2. The third kappa shape index (κ3) is 3.88. The SMILES string of the molecule is COc1cccc(Cn2nc(Br)c3c(NC(=O)c4csc5c(N)ncnc45)c(Cl)ccc32)n1. The van der Waals surface area contributed by atoms with Gasteiger partial charge < -0.3 is 15.8 Å². The van der Waals surface area contributed by atoms with Crippen LogP contribution in [0.4, 0.5) is 11.5 Å². The van der Waals surface area contributed by atoms with Crippen LogP contribution in [-0.4, -0.2) is 37.7 Å². The number of nitrogen functional groups attached to an aromatic ring is 1. The van der Waals surface area contributed by atoms with Crippen molar-refractivity contribution in [1.29, 1.82) is 0 Å². The molecule has 12 heteroatoms. The molecular weight excluding hydrogens is 530 g/mol. The summed E-state index contributed by atoms with van der Waals surface area (Å²) in [6.07, 6.45) is 1.34. The molecule has 166 valence electrons. The topological polar surface area (TPSA) is 121 Å². The number of halogens is 2. The highest BCUT2D eigenvalue weighted by atomic mass is 79.9. The number of nitrogens with zero attached hydrogens (tertiary/aromatic N) is 5. The molecule has 5 aromatic rings. The van der Waals surface area contributed by atoms with Crippen LogP contribution < -0.4 is 15.8 Å². The van der Waals surface area contributed by atoms with E-state index in [9.17, 15) is 4.79 Å². The van der Waals surface area contributed by atoms with Crippen molar-refractivity contribution in [3.63, 3.8) is 0 Å². The molecule has 0 aliphatic rings. The molecule has 0 radical (unpaired) electrons. The molecule has 0 aliphatic heterocycles. The third-order valence-corrected chi connectivity index (χ3v) is 6.85. The summed E-state index contributed by atoms with van der Waals surface area (Å²) in [6, 6.07) is 9.10. The summed E-state index contributed by atoms with van der Waals surface area (Å²) >= 11 is 11.3. The number of ether oxygens (including phenoxy) is 1. The van der Waals surface area contributed by atoms with Crippen molar-refractivity contribution in [3.05, 3.63) is 62.9 Å². The number of pyridine rings is 1. The van der Waals surface area contributed by atoms with Gasteiger partial charge in [0.05, 0.1) is 56.7 Å². The Morgan fingerprint density at radius 2 is 2.15 bits per heavy atom. The number of aromatic nitrogens is 5. The van der Waals surface area contributed by atoms with Crippen molar-refractivity contribution < 1.29 is 9.53 Å². The molecule has 0 saturated carbocycles. The Balaban J connectivity index is 1.53. The van der Waals surface area contributed by atoms with Crippen molar-refractivity contribution in [2.24, 2.45) is 0 Å². The number of hydrogen-bond acceptors (Lipinski definition) is 8. The van der Waals surface area contributed by atoms with E-state index in [2.05, 4.69) is 41.3 Å². The second-order valence-corrected chi connectivity index (χ2v) is 9.01. The first-order chi connectivity index (χ1) is 16.0. The Morgan fingerprint density at radius 3 is 2.97 bits per heavy atom. The van der Waals surface area contributed by atoms with E-state index in [0.29, 0.717) is 54.7 Å². The van der Waals surface area contributed by atoms with Crippen LogP contribution in [0.15, 0.2) is 46.6 Å². The van der Waals surface area contributed by atoms with Gasteiger partial charge in [0, 0.05) is 11.4 Å². The number of nitrogens with two attached hydrogens (primary N) is 1. The summed E-state index contributed by atoms with van der Waals surface area (Å²) < 4.78 is 8.19. The monoisotopic (exact) mass is 543 g/mol. The average molecular weight is 545 g/mol. The number of benzene rings is 1. The van der Waals surface area contributed by atoms with Gasteiger partial charge in [-0.2, -0.15) is 5.10 Å². The first-order valence-corrected chi connectivity index (χ1v) is 11.6. The molecule has 4 heterocycles. The Bertz CT molecular complexity index is 1530. The van der Waals surface area contributed by atoms with E-state index in [1.165, 1.54) is 17.7 Å². The molecule has 0 spiro atoms. The second kappa shape index (κ2) is 8.58. The maximum absolute atomic E-state index is 13.1. The van der Waals surface area contributed by atoms with Crippen LogP contribution in [-0.2, 0) is 6.54 Å². The molecule has 33 heavy (non-hydrogen) atoms. The van der Waals surface area contributed by atoms with Gasteiger partial charge in [-0.3, -0.25) is 9.48 Å². The number of rotatable bonds is 5. The van der Waals surface area contributed by atoms with Gasteiger partial charge in [0.25, 0.3) is 5.91 Å². The molecular formula is C21H15BrClN7O2S. The molecule has 0 unspecified atom stereocenters. The van der Waals surface area contributed by atoms with Gasteiger partial charge in [-0.1, -0.05) is 17.7 Å². The molecule has 4 aromatic heterocycles. The van der Waals surface area contributed by atoms with Crippen molar-refractivity contribution >= 4 is 77.4 Å². The highest BCUT2D eigenvalue weighted by Gasteiger charge is 2.21. The lowest BCUT2D eigenvalue weighted by Gasteiger charge is -2.10. The van der Waals surface area contributed by atoms with Crippen LogP contribution in [0.25, 0.3) is 21.1 Å². The number of fused-ring (bicyclic) bond motifs is 2. The number of amides is 1. The summed E-state index contributed by atoms with van der Waals surface area (Å²) in [5, 5.41) is 10.3. The van der Waals surface area contributed by atoms with Crippen LogP contribution in [0.2, 0.25) is 5.02 Å². The minimum absolute atomic E-state index is 0.333. The van der Waals surface area contributed by atoms with Gasteiger partial charge in [-0.05, 0) is 34.1 Å². The standard InChI is InChI=1S/C21H15BrClN7O2S/c1-32-14-4-2-3-10(27-14)7-30-13-6-5-12(23)17(15(13)19(22)29-30)28-21(31)11-8-33-18-16(11)25-9-26-20(18)24/h2-6,8-9H,7H2,1H3,(H,28,31)(H2,24,25,26). The second-order valence-electron chi connectivity index (χ2n) is 6.98. The van der Waals surface area contributed by atoms with Gasteiger partial charge in [-0.25, -0.2) is 15.0 Å². The molecule has 9 nitrogen and oxygen atoms in total. The maximum Gasteiger partial charge on any atom is 0.258 e. The summed E-state index contributed by atoms with van der Waals surface area (Å²) in [6.45, 7) is 0.402. The lowest BCUT2D eigenvalue weighted by atomic mass is 10.2. The van der Waals surface area contributed by atoms with Crippen LogP contribution in [0.1, 0.15) is 16.1 Å². The van der Waals surface area contributed by atoms with E-state index < -0.39 is 0 Å². The number of methoxy groups -OCH3 is 1. The summed E-state index contributed by atoms with van der Waals surface area (Å²) in [5.41, 5.74) is 8.77. The van der Waals surface area contributed by atoms with Crippen molar-refractivity contribution in [1.82, 2.24) is 24.7 Å². The van der Waals surface area contributed by atoms with E-state index in [1.807, 2.05) is 18.2 Å². The first kappa shape index (κ1) is 21.6. The Kier molecular flexibility index (Phi) is 5.60. The van der Waals surface area contributed by atoms with Crippen molar-refractivity contribution in [2.75, 3.05) is 18.2 Å². The third-order valence-electron chi connectivity index (χ3n) is 4.99. The Hall–Kier alpha value is -3.28. The fourth-order valence-electron chi connectivity index (χ4n) is 3.47. The van der Waals surface area contributed by atoms with E-state index in [4.69, 9.17) is 22.1 Å². The van der Waals surface area contributed by atoms with E-state index in [-0.39, 0.29) is 5.91 Å². The largest absolute Gasteiger partial charge is 0.481 e. The highest BCUT2D eigenvalue weighted by Crippen LogP contribution is 2.37. The average Bonchev–Trinajstić information content (AvgIpc) is 3.38. The quantitative estimate of drug-likeness (QED) is 0.328.